The first kappa shape index (κ1) is 17.3. The van der Waals surface area contributed by atoms with E-state index in [9.17, 15) is 0 Å². The Morgan fingerprint density at radius 1 is 1.22 bits per heavy atom. The van der Waals surface area contributed by atoms with Crippen LogP contribution < -0.4 is 15.8 Å². The zero-order valence-electron chi connectivity index (χ0n) is 13.2. The highest BCUT2D eigenvalue weighted by Gasteiger charge is 2.04. The number of rotatable bonds is 6. The molecule has 2 aromatic carbocycles. The van der Waals surface area contributed by atoms with Crippen molar-refractivity contribution in [3.8, 4) is 5.75 Å². The molecule has 0 saturated heterocycles. The Hall–Kier alpha value is -2.05. The Labute approximate surface area is 144 Å². The number of anilines is 1. The fourth-order valence-corrected chi connectivity index (χ4v) is 2.67. The van der Waals surface area contributed by atoms with Crippen molar-refractivity contribution in [3.05, 3.63) is 58.1 Å². The topological polar surface area (TPSA) is 68.9 Å². The second kappa shape index (κ2) is 8.55. The Kier molecular flexibility index (Phi) is 6.43. The first-order valence-electron chi connectivity index (χ1n) is 7.10. The number of nitrogens with zero attached hydrogens (tertiary/aromatic N) is 1. The third-order valence-corrected chi connectivity index (χ3v) is 3.85. The Morgan fingerprint density at radius 3 is 2.70 bits per heavy atom. The Balaban J connectivity index is 2.04. The largest absolute Gasteiger partial charge is 0.496 e. The predicted molar refractivity (Wildman–Crippen MR) is 96.8 cm³/mol. The van der Waals surface area contributed by atoms with Crippen LogP contribution in [0.15, 0.2) is 51.9 Å². The molecule has 0 aliphatic carbocycles. The van der Waals surface area contributed by atoms with E-state index in [-0.39, 0.29) is 0 Å². The van der Waals surface area contributed by atoms with Gasteiger partial charge in [0, 0.05) is 18.4 Å². The van der Waals surface area contributed by atoms with Crippen LogP contribution in [0.25, 0.3) is 0 Å². The standard InChI is InChI=1S/C17H20BrN3O2/c1-22-11-13-5-3-4-6-15(13)21-17(19)20-10-12-7-8-16(23-2)14(18)9-12/h3-9H,10-11H2,1-2H3,(H3,19,20,21). The van der Waals surface area contributed by atoms with Crippen molar-refractivity contribution >= 4 is 27.6 Å². The number of methoxy groups -OCH3 is 2. The fraction of sp³-hybridized carbons (Fsp3) is 0.235. The zero-order valence-corrected chi connectivity index (χ0v) is 14.8. The molecule has 0 bridgehead atoms. The summed E-state index contributed by atoms with van der Waals surface area (Å²) in [6, 6.07) is 13.7. The second-order valence-electron chi connectivity index (χ2n) is 4.89. The minimum atomic E-state index is 0.362. The maximum absolute atomic E-state index is 5.97. The molecule has 3 N–H and O–H groups in total. The molecule has 2 rings (SSSR count). The lowest BCUT2D eigenvalue weighted by Crippen LogP contribution is -2.23. The number of guanidine groups is 1. The summed E-state index contributed by atoms with van der Waals surface area (Å²) in [5.74, 6) is 1.15. The highest BCUT2D eigenvalue weighted by atomic mass is 79.9. The van der Waals surface area contributed by atoms with Crippen LogP contribution in [0, 0.1) is 0 Å². The van der Waals surface area contributed by atoms with Gasteiger partial charge in [0.1, 0.15) is 5.75 Å². The summed E-state index contributed by atoms with van der Waals surface area (Å²) < 4.78 is 11.3. The summed E-state index contributed by atoms with van der Waals surface area (Å²) in [6.45, 7) is 0.996. The highest BCUT2D eigenvalue weighted by molar-refractivity contribution is 9.10. The van der Waals surface area contributed by atoms with Crippen LogP contribution in [-0.2, 0) is 17.9 Å². The van der Waals surface area contributed by atoms with E-state index in [4.69, 9.17) is 15.2 Å². The molecule has 0 atom stereocenters. The van der Waals surface area contributed by atoms with Gasteiger partial charge < -0.3 is 20.5 Å². The van der Waals surface area contributed by atoms with Gasteiger partial charge in [0.25, 0.3) is 0 Å². The number of hydrogen-bond acceptors (Lipinski definition) is 3. The molecule has 0 aliphatic heterocycles. The molecule has 0 aliphatic rings. The number of nitrogens with one attached hydrogen (secondary N) is 1. The molecule has 23 heavy (non-hydrogen) atoms. The van der Waals surface area contributed by atoms with Crippen LogP contribution in [0.5, 0.6) is 5.75 Å². The number of benzene rings is 2. The summed E-state index contributed by atoms with van der Waals surface area (Å²) in [4.78, 5) is 4.37. The van der Waals surface area contributed by atoms with Crippen LogP contribution in [0.2, 0.25) is 0 Å². The van der Waals surface area contributed by atoms with Crippen LogP contribution in [0.3, 0.4) is 0 Å². The van der Waals surface area contributed by atoms with Gasteiger partial charge >= 0.3 is 0 Å². The number of hydrogen-bond donors (Lipinski definition) is 2. The minimum absolute atomic E-state index is 0.362. The fourth-order valence-electron chi connectivity index (χ4n) is 2.09. The first-order chi connectivity index (χ1) is 11.1. The smallest absolute Gasteiger partial charge is 0.193 e. The molecule has 0 fully saturated rings. The van der Waals surface area contributed by atoms with E-state index in [1.807, 2.05) is 42.5 Å². The van der Waals surface area contributed by atoms with Gasteiger partial charge in [-0.3, -0.25) is 0 Å². The summed E-state index contributed by atoms with van der Waals surface area (Å²) >= 11 is 3.46. The van der Waals surface area contributed by atoms with Gasteiger partial charge in [-0.25, -0.2) is 4.99 Å². The number of ether oxygens (including phenoxy) is 2. The van der Waals surface area contributed by atoms with E-state index in [1.54, 1.807) is 14.2 Å². The lowest BCUT2D eigenvalue weighted by Gasteiger charge is -2.11. The van der Waals surface area contributed by atoms with E-state index in [1.165, 1.54) is 0 Å². The minimum Gasteiger partial charge on any atom is -0.496 e. The zero-order chi connectivity index (χ0) is 16.7. The molecule has 0 heterocycles. The maximum Gasteiger partial charge on any atom is 0.193 e. The van der Waals surface area contributed by atoms with Gasteiger partial charge in [0.05, 0.1) is 24.7 Å². The van der Waals surface area contributed by atoms with Gasteiger partial charge in [0.15, 0.2) is 5.96 Å². The summed E-state index contributed by atoms with van der Waals surface area (Å²) in [5, 5.41) is 3.11. The second-order valence-corrected chi connectivity index (χ2v) is 5.74. The van der Waals surface area contributed by atoms with E-state index >= 15 is 0 Å². The quantitative estimate of drug-likeness (QED) is 0.596. The van der Waals surface area contributed by atoms with Crippen molar-refractivity contribution in [3.63, 3.8) is 0 Å². The molecule has 122 valence electrons. The van der Waals surface area contributed by atoms with Crippen molar-refractivity contribution in [2.75, 3.05) is 19.5 Å². The predicted octanol–water partition coefficient (Wildman–Crippen LogP) is 3.53. The summed E-state index contributed by atoms with van der Waals surface area (Å²) in [7, 11) is 3.30. The third-order valence-electron chi connectivity index (χ3n) is 3.23. The molecule has 0 aromatic heterocycles. The average Bonchev–Trinajstić information content (AvgIpc) is 2.55. The number of nitrogens with two attached hydrogens (primary N) is 1. The van der Waals surface area contributed by atoms with E-state index in [0.717, 1.165) is 27.0 Å². The molecule has 0 spiro atoms. The van der Waals surface area contributed by atoms with E-state index in [0.29, 0.717) is 19.1 Å². The van der Waals surface area contributed by atoms with Gasteiger partial charge in [-0.2, -0.15) is 0 Å². The van der Waals surface area contributed by atoms with E-state index < -0.39 is 0 Å². The third kappa shape index (κ3) is 4.97. The molecule has 0 saturated carbocycles. The van der Waals surface area contributed by atoms with Crippen LogP contribution in [0.4, 0.5) is 5.69 Å². The van der Waals surface area contributed by atoms with Crippen LogP contribution in [0.1, 0.15) is 11.1 Å². The number of halogens is 1. The average molecular weight is 378 g/mol. The molecular weight excluding hydrogens is 358 g/mol. The monoisotopic (exact) mass is 377 g/mol. The van der Waals surface area contributed by atoms with Gasteiger partial charge in [0.2, 0.25) is 0 Å². The lowest BCUT2D eigenvalue weighted by atomic mass is 10.2. The summed E-state index contributed by atoms with van der Waals surface area (Å²) in [6.07, 6.45) is 0. The van der Waals surface area contributed by atoms with Gasteiger partial charge in [-0.05, 0) is 39.7 Å². The molecule has 0 unspecified atom stereocenters. The maximum atomic E-state index is 5.97. The SMILES string of the molecule is COCc1ccccc1NC(N)=NCc1ccc(OC)c(Br)c1. The normalized spacial score (nSPS) is 11.3. The molecule has 5 nitrogen and oxygen atoms in total. The molecule has 2 aromatic rings. The molecule has 6 heteroatoms. The molecular formula is C17H20BrN3O2. The van der Waals surface area contributed by atoms with Crippen molar-refractivity contribution < 1.29 is 9.47 Å². The van der Waals surface area contributed by atoms with Crippen molar-refractivity contribution in [2.45, 2.75) is 13.2 Å². The lowest BCUT2D eigenvalue weighted by molar-refractivity contribution is 0.185. The van der Waals surface area contributed by atoms with Crippen LogP contribution in [-0.4, -0.2) is 20.2 Å². The molecule has 0 radical (unpaired) electrons. The summed E-state index contributed by atoms with van der Waals surface area (Å²) in [5.41, 5.74) is 8.93. The highest BCUT2D eigenvalue weighted by Crippen LogP contribution is 2.25. The molecule has 0 amide bonds. The van der Waals surface area contributed by atoms with Crippen molar-refractivity contribution in [2.24, 2.45) is 10.7 Å². The van der Waals surface area contributed by atoms with Crippen molar-refractivity contribution in [1.29, 1.82) is 0 Å². The van der Waals surface area contributed by atoms with Crippen molar-refractivity contribution in [1.82, 2.24) is 0 Å². The number of aliphatic imine (C=N–C) groups is 1. The van der Waals surface area contributed by atoms with Gasteiger partial charge in [-0.15, -0.1) is 0 Å². The Morgan fingerprint density at radius 2 is 2.00 bits per heavy atom. The van der Waals surface area contributed by atoms with Gasteiger partial charge in [-0.1, -0.05) is 24.3 Å². The Bertz CT molecular complexity index is 689. The van der Waals surface area contributed by atoms with E-state index in [2.05, 4.69) is 26.2 Å². The number of para-hydroxylation sites is 1. The van der Waals surface area contributed by atoms with Crippen LogP contribution >= 0.6 is 15.9 Å². The first-order valence-corrected chi connectivity index (χ1v) is 7.89.